The lowest BCUT2D eigenvalue weighted by Gasteiger charge is -2.09. The van der Waals surface area contributed by atoms with E-state index in [0.717, 1.165) is 34.8 Å². The standard InChI is InChI=1S/C22H26N4O2/c1-16-21(17(2)26(25-16)15-18-8-5-4-6-9-18)14-24-22(27)23-13-19-10-7-11-20(12-19)28-3/h4-12H,13-15H2,1-3H3,(H2,23,24,27). The van der Waals surface area contributed by atoms with Crippen molar-refractivity contribution in [1.29, 1.82) is 0 Å². The van der Waals surface area contributed by atoms with Crippen LogP contribution in [-0.2, 0) is 19.6 Å². The van der Waals surface area contributed by atoms with E-state index in [2.05, 4.69) is 27.9 Å². The maximum absolute atomic E-state index is 12.2. The maximum Gasteiger partial charge on any atom is 0.315 e. The number of benzene rings is 2. The van der Waals surface area contributed by atoms with Crippen LogP contribution in [0.3, 0.4) is 0 Å². The average molecular weight is 378 g/mol. The highest BCUT2D eigenvalue weighted by Crippen LogP contribution is 2.15. The largest absolute Gasteiger partial charge is 0.497 e. The van der Waals surface area contributed by atoms with E-state index in [0.29, 0.717) is 13.1 Å². The van der Waals surface area contributed by atoms with Gasteiger partial charge in [0.25, 0.3) is 0 Å². The van der Waals surface area contributed by atoms with Gasteiger partial charge >= 0.3 is 6.03 Å². The molecule has 3 rings (SSSR count). The first kappa shape index (κ1) is 19.5. The van der Waals surface area contributed by atoms with Crippen molar-refractivity contribution < 1.29 is 9.53 Å². The molecule has 0 radical (unpaired) electrons. The minimum absolute atomic E-state index is 0.211. The number of rotatable bonds is 7. The summed E-state index contributed by atoms with van der Waals surface area (Å²) < 4.78 is 7.18. The molecule has 0 unspecified atom stereocenters. The van der Waals surface area contributed by atoms with Gasteiger partial charge in [-0.25, -0.2) is 4.79 Å². The summed E-state index contributed by atoms with van der Waals surface area (Å²) in [6, 6.07) is 17.6. The quantitative estimate of drug-likeness (QED) is 0.661. The van der Waals surface area contributed by atoms with Gasteiger partial charge in [0.05, 0.1) is 19.3 Å². The number of hydrogen-bond donors (Lipinski definition) is 2. The smallest absolute Gasteiger partial charge is 0.315 e. The lowest BCUT2D eigenvalue weighted by Crippen LogP contribution is -2.34. The van der Waals surface area contributed by atoms with Crippen molar-refractivity contribution in [3.8, 4) is 5.75 Å². The number of carbonyl (C=O) groups is 1. The third kappa shape index (κ3) is 4.91. The second-order valence-electron chi connectivity index (χ2n) is 6.68. The lowest BCUT2D eigenvalue weighted by atomic mass is 10.2. The maximum atomic E-state index is 12.2. The van der Waals surface area contributed by atoms with E-state index in [4.69, 9.17) is 4.74 Å². The molecule has 146 valence electrons. The van der Waals surface area contributed by atoms with Crippen LogP contribution in [0.25, 0.3) is 0 Å². The van der Waals surface area contributed by atoms with Crippen molar-refractivity contribution in [3.05, 3.63) is 82.7 Å². The highest BCUT2D eigenvalue weighted by Gasteiger charge is 2.13. The van der Waals surface area contributed by atoms with Gasteiger partial charge in [-0.1, -0.05) is 42.5 Å². The van der Waals surface area contributed by atoms with Gasteiger partial charge in [0.2, 0.25) is 0 Å². The predicted octanol–water partition coefficient (Wildman–Crippen LogP) is 3.56. The predicted molar refractivity (Wildman–Crippen MR) is 109 cm³/mol. The van der Waals surface area contributed by atoms with Gasteiger partial charge in [-0.3, -0.25) is 4.68 Å². The lowest BCUT2D eigenvalue weighted by molar-refractivity contribution is 0.240. The molecule has 0 atom stereocenters. The van der Waals surface area contributed by atoms with E-state index < -0.39 is 0 Å². The zero-order chi connectivity index (χ0) is 19.9. The van der Waals surface area contributed by atoms with Crippen molar-refractivity contribution in [2.24, 2.45) is 0 Å². The number of carbonyl (C=O) groups excluding carboxylic acids is 1. The van der Waals surface area contributed by atoms with Gasteiger partial charge in [0.1, 0.15) is 5.75 Å². The fourth-order valence-electron chi connectivity index (χ4n) is 3.10. The van der Waals surface area contributed by atoms with Crippen molar-refractivity contribution in [2.75, 3.05) is 7.11 Å². The molecule has 0 aliphatic carbocycles. The summed E-state index contributed by atoms with van der Waals surface area (Å²) in [5, 5.41) is 10.4. The molecule has 1 heterocycles. The van der Waals surface area contributed by atoms with Crippen molar-refractivity contribution in [3.63, 3.8) is 0 Å². The van der Waals surface area contributed by atoms with Crippen LogP contribution in [0.2, 0.25) is 0 Å². The molecule has 0 aliphatic rings. The zero-order valence-corrected chi connectivity index (χ0v) is 16.5. The zero-order valence-electron chi connectivity index (χ0n) is 16.5. The molecule has 0 saturated heterocycles. The van der Waals surface area contributed by atoms with Crippen LogP contribution < -0.4 is 15.4 Å². The number of hydrogen-bond acceptors (Lipinski definition) is 3. The molecule has 0 aliphatic heterocycles. The first-order valence-corrected chi connectivity index (χ1v) is 9.28. The molecule has 0 saturated carbocycles. The first-order valence-electron chi connectivity index (χ1n) is 9.28. The van der Waals surface area contributed by atoms with Crippen LogP contribution in [0.1, 0.15) is 28.1 Å². The summed E-state index contributed by atoms with van der Waals surface area (Å²) in [5.41, 5.74) is 5.23. The number of ether oxygens (including phenoxy) is 1. The van der Waals surface area contributed by atoms with E-state index in [1.807, 2.05) is 61.0 Å². The summed E-state index contributed by atoms with van der Waals surface area (Å²) in [7, 11) is 1.63. The topological polar surface area (TPSA) is 68.2 Å². The number of amides is 2. The molecule has 6 nitrogen and oxygen atoms in total. The molecular formula is C22H26N4O2. The van der Waals surface area contributed by atoms with Gasteiger partial charge < -0.3 is 15.4 Å². The number of nitrogens with zero attached hydrogens (tertiary/aromatic N) is 2. The van der Waals surface area contributed by atoms with Crippen LogP contribution in [0.5, 0.6) is 5.75 Å². The van der Waals surface area contributed by atoms with E-state index in [-0.39, 0.29) is 6.03 Å². The van der Waals surface area contributed by atoms with E-state index >= 15 is 0 Å². The number of urea groups is 1. The fraction of sp³-hybridized carbons (Fsp3) is 0.273. The Balaban J connectivity index is 1.55. The molecule has 0 fully saturated rings. The molecule has 2 amide bonds. The van der Waals surface area contributed by atoms with Crippen LogP contribution in [0.4, 0.5) is 4.79 Å². The Hall–Kier alpha value is -3.28. The average Bonchev–Trinajstić information content (AvgIpc) is 2.98. The fourth-order valence-corrected chi connectivity index (χ4v) is 3.10. The van der Waals surface area contributed by atoms with Gasteiger partial charge in [-0.05, 0) is 37.1 Å². The molecule has 0 spiro atoms. The van der Waals surface area contributed by atoms with E-state index in [1.54, 1.807) is 7.11 Å². The van der Waals surface area contributed by atoms with Crippen LogP contribution in [-0.4, -0.2) is 22.9 Å². The Morgan fingerprint density at radius 1 is 1.00 bits per heavy atom. The summed E-state index contributed by atoms with van der Waals surface area (Å²) in [5.74, 6) is 0.775. The molecule has 0 bridgehead atoms. The third-order valence-corrected chi connectivity index (χ3v) is 4.72. The minimum Gasteiger partial charge on any atom is -0.497 e. The number of methoxy groups -OCH3 is 1. The molecule has 3 aromatic rings. The van der Waals surface area contributed by atoms with Gasteiger partial charge in [0.15, 0.2) is 0 Å². The first-order chi connectivity index (χ1) is 13.6. The molecule has 6 heteroatoms. The third-order valence-electron chi connectivity index (χ3n) is 4.72. The normalized spacial score (nSPS) is 10.5. The number of nitrogens with one attached hydrogen (secondary N) is 2. The summed E-state index contributed by atoms with van der Waals surface area (Å²) in [6.07, 6.45) is 0. The number of aryl methyl sites for hydroxylation is 1. The molecule has 2 aromatic carbocycles. The van der Waals surface area contributed by atoms with Crippen molar-refractivity contribution in [1.82, 2.24) is 20.4 Å². The van der Waals surface area contributed by atoms with Gasteiger partial charge in [-0.2, -0.15) is 5.10 Å². The van der Waals surface area contributed by atoms with Crippen LogP contribution >= 0.6 is 0 Å². The molecule has 2 N–H and O–H groups in total. The van der Waals surface area contributed by atoms with Crippen LogP contribution in [0, 0.1) is 13.8 Å². The van der Waals surface area contributed by atoms with Crippen molar-refractivity contribution >= 4 is 6.03 Å². The molecule has 28 heavy (non-hydrogen) atoms. The van der Waals surface area contributed by atoms with E-state index in [1.165, 1.54) is 5.56 Å². The van der Waals surface area contributed by atoms with Crippen LogP contribution in [0.15, 0.2) is 54.6 Å². The molecular weight excluding hydrogens is 352 g/mol. The second-order valence-corrected chi connectivity index (χ2v) is 6.68. The number of aromatic nitrogens is 2. The monoisotopic (exact) mass is 378 g/mol. The summed E-state index contributed by atoms with van der Waals surface area (Å²) in [4.78, 5) is 12.2. The highest BCUT2D eigenvalue weighted by atomic mass is 16.5. The second kappa shape index (κ2) is 9.08. The SMILES string of the molecule is COc1cccc(CNC(=O)NCc2c(C)nn(Cc3ccccc3)c2C)c1. The Kier molecular flexibility index (Phi) is 6.32. The Labute approximate surface area is 165 Å². The minimum atomic E-state index is -0.211. The Morgan fingerprint density at radius 3 is 2.46 bits per heavy atom. The Morgan fingerprint density at radius 2 is 1.71 bits per heavy atom. The van der Waals surface area contributed by atoms with Crippen molar-refractivity contribution in [2.45, 2.75) is 33.5 Å². The van der Waals surface area contributed by atoms with Gasteiger partial charge in [-0.15, -0.1) is 0 Å². The van der Waals surface area contributed by atoms with Gasteiger partial charge in [0, 0.05) is 24.3 Å². The summed E-state index contributed by atoms with van der Waals surface area (Å²) in [6.45, 7) is 5.61. The Bertz CT molecular complexity index is 935. The highest BCUT2D eigenvalue weighted by molar-refractivity contribution is 5.73. The molecule has 1 aromatic heterocycles. The summed E-state index contributed by atoms with van der Waals surface area (Å²) >= 11 is 0. The van der Waals surface area contributed by atoms with E-state index in [9.17, 15) is 4.79 Å².